The van der Waals surface area contributed by atoms with Gasteiger partial charge in [-0.15, -0.1) is 0 Å². The Morgan fingerprint density at radius 2 is 1.96 bits per heavy atom. The van der Waals surface area contributed by atoms with Crippen molar-refractivity contribution in [2.75, 3.05) is 39.3 Å². The van der Waals surface area contributed by atoms with Crippen molar-refractivity contribution < 1.29 is 5.11 Å². The molecular formula is C19H35N5O. The number of nitrogens with zero attached hydrogens (tertiary/aromatic N) is 5. The quantitative estimate of drug-likeness (QED) is 0.835. The normalized spacial score (nSPS) is 25.1. The van der Waals surface area contributed by atoms with Crippen molar-refractivity contribution in [2.24, 2.45) is 7.05 Å². The van der Waals surface area contributed by atoms with E-state index in [-0.39, 0.29) is 6.61 Å². The van der Waals surface area contributed by atoms with Gasteiger partial charge in [0.25, 0.3) is 0 Å². The first kappa shape index (κ1) is 18.8. The Balaban J connectivity index is 1.56. The lowest BCUT2D eigenvalue weighted by Gasteiger charge is -2.48. The summed E-state index contributed by atoms with van der Waals surface area (Å²) in [7, 11) is 1.97. The van der Waals surface area contributed by atoms with Crippen molar-refractivity contribution >= 4 is 0 Å². The van der Waals surface area contributed by atoms with Crippen molar-refractivity contribution in [1.29, 1.82) is 0 Å². The summed E-state index contributed by atoms with van der Waals surface area (Å²) in [5.74, 6) is 0. The van der Waals surface area contributed by atoms with Gasteiger partial charge < -0.3 is 10.0 Å². The molecule has 2 fully saturated rings. The number of piperazine rings is 1. The van der Waals surface area contributed by atoms with Crippen LogP contribution in [-0.4, -0.2) is 87.0 Å². The molecule has 3 heterocycles. The van der Waals surface area contributed by atoms with Gasteiger partial charge in [-0.2, -0.15) is 5.10 Å². The maximum atomic E-state index is 9.56. The van der Waals surface area contributed by atoms with E-state index in [9.17, 15) is 5.11 Å². The highest BCUT2D eigenvalue weighted by molar-refractivity contribution is 5.04. The van der Waals surface area contributed by atoms with Gasteiger partial charge in [0, 0.05) is 69.7 Å². The molecule has 6 nitrogen and oxygen atoms in total. The van der Waals surface area contributed by atoms with E-state index in [4.69, 9.17) is 0 Å². The fourth-order valence-corrected chi connectivity index (χ4v) is 4.51. The van der Waals surface area contributed by atoms with Crippen LogP contribution in [-0.2, 0) is 13.6 Å². The van der Waals surface area contributed by atoms with Gasteiger partial charge in [-0.1, -0.05) is 0 Å². The molecule has 1 N–H and O–H groups in total. The minimum absolute atomic E-state index is 0.284. The first-order chi connectivity index (χ1) is 12.1. The summed E-state index contributed by atoms with van der Waals surface area (Å²) < 4.78 is 1.87. The number of aliphatic hydroxyl groups excluding tert-OH is 1. The van der Waals surface area contributed by atoms with Gasteiger partial charge in [0.2, 0.25) is 0 Å². The van der Waals surface area contributed by atoms with E-state index in [1.807, 2.05) is 17.9 Å². The van der Waals surface area contributed by atoms with Crippen LogP contribution in [0.15, 0.2) is 12.4 Å². The van der Waals surface area contributed by atoms with Gasteiger partial charge in [0.05, 0.1) is 6.20 Å². The van der Waals surface area contributed by atoms with Gasteiger partial charge in [0.1, 0.15) is 0 Å². The number of aliphatic hydroxyl groups is 1. The zero-order valence-electron chi connectivity index (χ0n) is 16.1. The van der Waals surface area contributed by atoms with E-state index in [2.05, 4.69) is 39.8 Å². The van der Waals surface area contributed by atoms with Gasteiger partial charge in [-0.05, 0) is 46.2 Å². The molecule has 0 spiro atoms. The van der Waals surface area contributed by atoms with E-state index < -0.39 is 0 Å². The van der Waals surface area contributed by atoms with Crippen LogP contribution >= 0.6 is 0 Å². The minimum Gasteiger partial charge on any atom is -0.396 e. The van der Waals surface area contributed by atoms with Crippen molar-refractivity contribution in [3.63, 3.8) is 0 Å². The summed E-state index contributed by atoms with van der Waals surface area (Å²) in [5, 5.41) is 13.8. The standard InChI is InChI=1S/C19H35N5O/c1-16(2)23-7-4-18(5-8-23)24-10-9-22(15-19(24)6-11-25)14-17-12-20-21(3)13-17/h12-13,16,18-19,25H,4-11,14-15H2,1-3H3/t19-/m0/s1. The Bertz CT molecular complexity index is 524. The third kappa shape index (κ3) is 4.82. The van der Waals surface area contributed by atoms with Crippen LogP contribution < -0.4 is 0 Å². The second kappa shape index (κ2) is 8.62. The van der Waals surface area contributed by atoms with Gasteiger partial charge in [0.15, 0.2) is 0 Å². The summed E-state index contributed by atoms with van der Waals surface area (Å²) in [4.78, 5) is 7.82. The van der Waals surface area contributed by atoms with E-state index >= 15 is 0 Å². The summed E-state index contributed by atoms with van der Waals surface area (Å²) in [6, 6.07) is 1.82. The highest BCUT2D eigenvalue weighted by atomic mass is 16.3. The molecule has 25 heavy (non-hydrogen) atoms. The molecule has 0 aromatic carbocycles. The monoisotopic (exact) mass is 349 g/mol. The summed E-state index contributed by atoms with van der Waals surface area (Å²) in [6.45, 7) is 11.6. The molecule has 2 aliphatic rings. The van der Waals surface area contributed by atoms with E-state index in [1.54, 1.807) is 0 Å². The average molecular weight is 350 g/mol. The number of aromatic nitrogens is 2. The smallest absolute Gasteiger partial charge is 0.0534 e. The fraction of sp³-hybridized carbons (Fsp3) is 0.842. The molecule has 0 bridgehead atoms. The largest absolute Gasteiger partial charge is 0.396 e. The number of rotatable bonds is 6. The lowest BCUT2D eigenvalue weighted by Crippen LogP contribution is -2.58. The number of likely N-dealkylation sites (tertiary alicyclic amines) is 1. The molecule has 0 unspecified atom stereocenters. The van der Waals surface area contributed by atoms with E-state index in [0.717, 1.165) is 32.6 Å². The van der Waals surface area contributed by atoms with Crippen LogP contribution in [0, 0.1) is 0 Å². The van der Waals surface area contributed by atoms with Crippen molar-refractivity contribution in [1.82, 2.24) is 24.5 Å². The third-order valence-corrected chi connectivity index (χ3v) is 5.94. The maximum Gasteiger partial charge on any atom is 0.0534 e. The van der Waals surface area contributed by atoms with E-state index in [0.29, 0.717) is 18.1 Å². The molecule has 1 atom stereocenters. The molecule has 0 aliphatic carbocycles. The van der Waals surface area contributed by atoms with Crippen molar-refractivity contribution in [3.05, 3.63) is 18.0 Å². The molecule has 6 heteroatoms. The average Bonchev–Trinajstić information content (AvgIpc) is 3.00. The van der Waals surface area contributed by atoms with Crippen molar-refractivity contribution in [3.8, 4) is 0 Å². The number of hydrogen-bond acceptors (Lipinski definition) is 5. The van der Waals surface area contributed by atoms with Crippen LogP contribution in [0.5, 0.6) is 0 Å². The molecule has 0 radical (unpaired) electrons. The highest BCUT2D eigenvalue weighted by Crippen LogP contribution is 2.24. The maximum absolute atomic E-state index is 9.56. The first-order valence-electron chi connectivity index (χ1n) is 9.87. The SMILES string of the molecule is CC(C)N1CCC(N2CCN(Cc3cnn(C)c3)C[C@@H]2CCO)CC1. The number of piperidine rings is 1. The Morgan fingerprint density at radius 3 is 2.56 bits per heavy atom. The zero-order valence-corrected chi connectivity index (χ0v) is 16.1. The van der Waals surface area contributed by atoms with Crippen LogP contribution in [0.25, 0.3) is 0 Å². The van der Waals surface area contributed by atoms with Crippen LogP contribution in [0.4, 0.5) is 0 Å². The van der Waals surface area contributed by atoms with Crippen LogP contribution in [0.3, 0.4) is 0 Å². The zero-order chi connectivity index (χ0) is 17.8. The predicted molar refractivity (Wildman–Crippen MR) is 100 cm³/mol. The topological polar surface area (TPSA) is 47.8 Å². The molecule has 2 aliphatic heterocycles. The highest BCUT2D eigenvalue weighted by Gasteiger charge is 2.33. The molecule has 1 aromatic heterocycles. The predicted octanol–water partition coefficient (Wildman–Crippen LogP) is 1.16. The van der Waals surface area contributed by atoms with Crippen LogP contribution in [0.2, 0.25) is 0 Å². The Hall–Kier alpha value is -0.950. The van der Waals surface area contributed by atoms with Crippen molar-refractivity contribution in [2.45, 2.75) is 57.8 Å². The molecule has 0 amide bonds. The Kier molecular flexibility index (Phi) is 6.49. The Labute approximate surface area is 152 Å². The summed E-state index contributed by atoms with van der Waals surface area (Å²) in [6.07, 6.45) is 7.49. The first-order valence-corrected chi connectivity index (χ1v) is 9.87. The molecule has 142 valence electrons. The van der Waals surface area contributed by atoms with Gasteiger partial charge in [-0.3, -0.25) is 14.5 Å². The molecule has 1 aromatic rings. The second-order valence-corrected chi connectivity index (χ2v) is 8.02. The molecule has 3 rings (SSSR count). The lowest BCUT2D eigenvalue weighted by molar-refractivity contribution is -0.0000339. The second-order valence-electron chi connectivity index (χ2n) is 8.02. The molecule has 2 saturated heterocycles. The van der Waals surface area contributed by atoms with Gasteiger partial charge in [-0.25, -0.2) is 0 Å². The summed E-state index contributed by atoms with van der Waals surface area (Å²) in [5.41, 5.74) is 1.28. The summed E-state index contributed by atoms with van der Waals surface area (Å²) >= 11 is 0. The fourth-order valence-electron chi connectivity index (χ4n) is 4.51. The Morgan fingerprint density at radius 1 is 1.20 bits per heavy atom. The lowest BCUT2D eigenvalue weighted by atomic mass is 9.97. The van der Waals surface area contributed by atoms with Crippen LogP contribution in [0.1, 0.15) is 38.7 Å². The molecular weight excluding hydrogens is 314 g/mol. The number of hydrogen-bond donors (Lipinski definition) is 1. The minimum atomic E-state index is 0.284. The number of aryl methyl sites for hydroxylation is 1. The molecule has 0 saturated carbocycles. The van der Waals surface area contributed by atoms with E-state index in [1.165, 1.54) is 31.5 Å². The third-order valence-electron chi connectivity index (χ3n) is 5.94. The van der Waals surface area contributed by atoms with Gasteiger partial charge >= 0.3 is 0 Å².